The number of halogens is 2. The molecule has 1 amide bonds. The molecule has 0 aliphatic rings. The van der Waals surface area contributed by atoms with Crippen molar-refractivity contribution < 1.29 is 26.8 Å². The summed E-state index contributed by atoms with van der Waals surface area (Å²) in [6, 6.07) is 16.2. The number of amides is 1. The number of carbonyl (C=O) groups excluding carboxylic acids is 2. The smallest absolute Gasteiger partial charge is 0.251 e. The van der Waals surface area contributed by atoms with Gasteiger partial charge in [-0.3, -0.25) is 9.59 Å². The maximum atomic E-state index is 14.7. The van der Waals surface area contributed by atoms with Crippen molar-refractivity contribution in [3.8, 4) is 0 Å². The predicted octanol–water partition coefficient (Wildman–Crippen LogP) is 3.42. The second-order valence-corrected chi connectivity index (χ2v) is 9.39. The number of hydrogen-bond acceptors (Lipinski definition) is 4. The minimum absolute atomic E-state index is 0.00883. The highest BCUT2D eigenvalue weighted by Crippen LogP contribution is 2.17. The topological polar surface area (TPSA) is 92.3 Å². The molecule has 0 heterocycles. The third-order valence-electron chi connectivity index (χ3n) is 5.12. The molecule has 0 aliphatic heterocycles. The number of nitrogens with one attached hydrogen (secondary N) is 2. The predicted molar refractivity (Wildman–Crippen MR) is 124 cm³/mol. The van der Waals surface area contributed by atoms with E-state index in [1.54, 1.807) is 31.2 Å². The van der Waals surface area contributed by atoms with E-state index in [1.165, 1.54) is 24.3 Å². The maximum Gasteiger partial charge on any atom is 0.251 e. The van der Waals surface area contributed by atoms with Gasteiger partial charge in [0.1, 0.15) is 11.6 Å². The molecule has 3 rings (SSSR count). The molecule has 0 aliphatic carbocycles. The van der Waals surface area contributed by atoms with Crippen LogP contribution in [0.4, 0.5) is 8.78 Å². The molecule has 0 bridgehead atoms. The van der Waals surface area contributed by atoms with Crippen LogP contribution in [0.1, 0.15) is 28.4 Å². The van der Waals surface area contributed by atoms with Gasteiger partial charge in [0.15, 0.2) is 5.78 Å². The van der Waals surface area contributed by atoms with Crippen LogP contribution in [-0.2, 0) is 27.7 Å². The third-order valence-corrected chi connectivity index (χ3v) is 6.66. The largest absolute Gasteiger partial charge is 0.342 e. The summed E-state index contributed by atoms with van der Waals surface area (Å²) in [5, 5.41) is 2.65. The van der Waals surface area contributed by atoms with Crippen molar-refractivity contribution in [1.29, 1.82) is 0 Å². The lowest BCUT2D eigenvalue weighted by Gasteiger charge is -2.18. The Bertz CT molecular complexity index is 1260. The molecule has 3 aromatic carbocycles. The standard InChI is InChI=1S/C25H24F2N2O4S/c1-2-28-34(32,33)21-13-10-19(22(27)16-21)15-24(30)23(14-17-6-4-3-5-7-17)29-25(31)18-8-11-20(26)12-9-18/h3-13,16,23,28H,2,14-15H2,1H3,(H,29,31)/t23-/m0/s1. The first-order valence-corrected chi connectivity index (χ1v) is 12.1. The van der Waals surface area contributed by atoms with Crippen molar-refractivity contribution in [2.75, 3.05) is 6.54 Å². The highest BCUT2D eigenvalue weighted by Gasteiger charge is 2.24. The van der Waals surface area contributed by atoms with Crippen molar-refractivity contribution >= 4 is 21.7 Å². The number of Topliss-reactive ketones (excluding diaryl/α,β-unsaturated/α-hetero) is 1. The Morgan fingerprint density at radius 1 is 0.941 bits per heavy atom. The molecular weight excluding hydrogens is 462 g/mol. The van der Waals surface area contributed by atoms with Crippen LogP contribution in [0, 0.1) is 11.6 Å². The van der Waals surface area contributed by atoms with Gasteiger partial charge in [-0.05, 0) is 53.9 Å². The highest BCUT2D eigenvalue weighted by atomic mass is 32.2. The van der Waals surface area contributed by atoms with Crippen LogP contribution in [0.5, 0.6) is 0 Å². The van der Waals surface area contributed by atoms with Crippen LogP contribution in [0.3, 0.4) is 0 Å². The number of hydrogen-bond donors (Lipinski definition) is 2. The third kappa shape index (κ3) is 6.55. The average Bonchev–Trinajstić information content (AvgIpc) is 2.81. The summed E-state index contributed by atoms with van der Waals surface area (Å²) < 4.78 is 54.3. The van der Waals surface area contributed by atoms with E-state index in [4.69, 9.17) is 0 Å². The first-order chi connectivity index (χ1) is 16.2. The van der Waals surface area contributed by atoms with Crippen molar-refractivity contribution in [3.63, 3.8) is 0 Å². The molecular formula is C25H24F2N2O4S. The van der Waals surface area contributed by atoms with Gasteiger partial charge in [-0.15, -0.1) is 0 Å². The van der Waals surface area contributed by atoms with Crippen LogP contribution in [0.2, 0.25) is 0 Å². The lowest BCUT2D eigenvalue weighted by molar-refractivity contribution is -0.120. The van der Waals surface area contributed by atoms with Gasteiger partial charge in [0.25, 0.3) is 5.91 Å². The summed E-state index contributed by atoms with van der Waals surface area (Å²) in [6.45, 7) is 1.76. The fraction of sp³-hybridized carbons (Fsp3) is 0.200. The van der Waals surface area contributed by atoms with Crippen molar-refractivity contribution in [2.24, 2.45) is 0 Å². The van der Waals surface area contributed by atoms with Gasteiger partial charge in [0, 0.05) is 18.5 Å². The van der Waals surface area contributed by atoms with Gasteiger partial charge in [-0.25, -0.2) is 21.9 Å². The Morgan fingerprint density at radius 3 is 2.24 bits per heavy atom. The van der Waals surface area contributed by atoms with E-state index >= 15 is 0 Å². The first-order valence-electron chi connectivity index (χ1n) is 10.6. The van der Waals surface area contributed by atoms with Crippen molar-refractivity contribution in [1.82, 2.24) is 10.0 Å². The molecule has 0 radical (unpaired) electrons. The summed E-state index contributed by atoms with van der Waals surface area (Å²) in [5.74, 6) is -2.36. The van der Waals surface area contributed by atoms with E-state index in [9.17, 15) is 26.8 Å². The van der Waals surface area contributed by atoms with E-state index in [0.717, 1.165) is 23.8 Å². The van der Waals surface area contributed by atoms with Gasteiger partial charge in [-0.2, -0.15) is 0 Å². The molecule has 2 N–H and O–H groups in total. The Balaban J connectivity index is 1.82. The molecule has 0 unspecified atom stereocenters. The molecule has 178 valence electrons. The van der Waals surface area contributed by atoms with Crippen LogP contribution >= 0.6 is 0 Å². The Hall–Kier alpha value is -3.43. The zero-order valence-electron chi connectivity index (χ0n) is 18.4. The van der Waals surface area contributed by atoms with Crippen LogP contribution in [-0.4, -0.2) is 32.7 Å². The second-order valence-electron chi connectivity index (χ2n) is 7.62. The monoisotopic (exact) mass is 486 g/mol. The number of rotatable bonds is 10. The average molecular weight is 487 g/mol. The summed E-state index contributed by atoms with van der Waals surface area (Å²) in [6.07, 6.45) is -0.185. The molecule has 0 aromatic heterocycles. The summed E-state index contributed by atoms with van der Waals surface area (Å²) in [4.78, 5) is 25.5. The molecule has 9 heteroatoms. The number of sulfonamides is 1. The molecule has 0 saturated carbocycles. The quantitative estimate of drug-likeness (QED) is 0.459. The van der Waals surface area contributed by atoms with Gasteiger partial charge >= 0.3 is 0 Å². The number of carbonyl (C=O) groups is 2. The van der Waals surface area contributed by atoms with E-state index in [1.807, 2.05) is 6.07 Å². The summed E-state index contributed by atoms with van der Waals surface area (Å²) in [5.41, 5.74) is 0.971. The van der Waals surface area contributed by atoms with E-state index in [-0.39, 0.29) is 35.4 Å². The Labute approximate surface area is 197 Å². The van der Waals surface area contributed by atoms with Crippen molar-refractivity contribution in [3.05, 3.63) is 101 Å². The van der Waals surface area contributed by atoms with Gasteiger partial charge < -0.3 is 5.32 Å². The minimum atomic E-state index is -3.84. The van der Waals surface area contributed by atoms with Crippen LogP contribution < -0.4 is 10.0 Å². The van der Waals surface area contributed by atoms with E-state index in [2.05, 4.69) is 10.0 Å². The molecule has 3 aromatic rings. The first kappa shape index (κ1) is 25.2. The molecule has 0 spiro atoms. The fourth-order valence-corrected chi connectivity index (χ4v) is 4.41. The van der Waals surface area contributed by atoms with E-state index in [0.29, 0.717) is 0 Å². The Kier molecular flexibility index (Phi) is 8.25. The fourth-order valence-electron chi connectivity index (χ4n) is 3.36. The lowest BCUT2D eigenvalue weighted by Crippen LogP contribution is -2.43. The maximum absolute atomic E-state index is 14.7. The highest BCUT2D eigenvalue weighted by molar-refractivity contribution is 7.89. The molecule has 34 heavy (non-hydrogen) atoms. The molecule has 6 nitrogen and oxygen atoms in total. The van der Waals surface area contributed by atoms with Crippen LogP contribution in [0.15, 0.2) is 77.7 Å². The second kappa shape index (κ2) is 11.1. The zero-order valence-corrected chi connectivity index (χ0v) is 19.2. The normalized spacial score (nSPS) is 12.2. The van der Waals surface area contributed by atoms with Gasteiger partial charge in [0.2, 0.25) is 10.0 Å². The lowest BCUT2D eigenvalue weighted by atomic mass is 9.97. The van der Waals surface area contributed by atoms with Gasteiger partial charge in [0.05, 0.1) is 10.9 Å². The van der Waals surface area contributed by atoms with Crippen molar-refractivity contribution in [2.45, 2.75) is 30.7 Å². The summed E-state index contributed by atoms with van der Waals surface area (Å²) in [7, 11) is -3.84. The number of ketones is 1. The van der Waals surface area contributed by atoms with E-state index < -0.39 is 39.4 Å². The Morgan fingerprint density at radius 2 is 1.62 bits per heavy atom. The summed E-state index contributed by atoms with van der Waals surface area (Å²) >= 11 is 0. The molecule has 1 atom stereocenters. The van der Waals surface area contributed by atoms with Gasteiger partial charge in [-0.1, -0.05) is 43.3 Å². The zero-order chi connectivity index (χ0) is 24.7. The minimum Gasteiger partial charge on any atom is -0.342 e. The molecule has 0 fully saturated rings. The number of benzene rings is 3. The molecule has 0 saturated heterocycles. The SMILES string of the molecule is CCNS(=O)(=O)c1ccc(CC(=O)[C@H](Cc2ccccc2)NC(=O)c2ccc(F)cc2)c(F)c1. The van der Waals surface area contributed by atoms with Crippen LogP contribution in [0.25, 0.3) is 0 Å².